The van der Waals surface area contributed by atoms with Crippen LogP contribution in [0.4, 0.5) is 22.0 Å². The Hall–Kier alpha value is -0.0400. The van der Waals surface area contributed by atoms with Crippen molar-refractivity contribution >= 4 is 11.8 Å². The summed E-state index contributed by atoms with van der Waals surface area (Å²) in [4.78, 5) is 0. The molecular weight excluding hydrogens is 249 g/mol. The Kier molecular flexibility index (Phi) is 4.85. The third-order valence-electron chi connectivity index (χ3n) is 2.38. The smallest absolute Gasteiger partial charge is 0.305 e. The van der Waals surface area contributed by atoms with Crippen LogP contribution in [0.25, 0.3) is 0 Å². The van der Waals surface area contributed by atoms with Gasteiger partial charge in [-0.05, 0) is 31.6 Å². The normalized spacial score (nSPS) is 22.7. The van der Waals surface area contributed by atoms with Crippen LogP contribution < -0.4 is 5.32 Å². The average Bonchev–Trinajstić information content (AvgIpc) is 2.63. The molecule has 0 radical (unpaired) electrons. The maximum absolute atomic E-state index is 12.5. The van der Waals surface area contributed by atoms with E-state index in [0.29, 0.717) is 5.75 Å². The number of thioether (sulfide) groups is 1. The van der Waals surface area contributed by atoms with Gasteiger partial charge in [0, 0.05) is 6.42 Å². The van der Waals surface area contributed by atoms with E-state index in [1.54, 1.807) is 0 Å². The summed E-state index contributed by atoms with van der Waals surface area (Å²) in [7, 11) is 0. The van der Waals surface area contributed by atoms with Gasteiger partial charge in [-0.15, -0.1) is 11.8 Å². The summed E-state index contributed by atoms with van der Waals surface area (Å²) in [6, 6.07) is 0. The van der Waals surface area contributed by atoms with Gasteiger partial charge < -0.3 is 5.32 Å². The van der Waals surface area contributed by atoms with Crippen LogP contribution in [0.3, 0.4) is 0 Å². The summed E-state index contributed by atoms with van der Waals surface area (Å²) in [5, 5.41) is 3.36. The second kappa shape index (κ2) is 5.53. The Morgan fingerprint density at radius 1 is 1.19 bits per heavy atom. The molecule has 0 aromatic rings. The first-order chi connectivity index (χ1) is 7.33. The minimum atomic E-state index is -5.41. The van der Waals surface area contributed by atoms with Gasteiger partial charge in [0.15, 0.2) is 0 Å². The Morgan fingerprint density at radius 2 is 1.88 bits per heavy atom. The zero-order valence-electron chi connectivity index (χ0n) is 8.62. The van der Waals surface area contributed by atoms with Crippen LogP contribution in [0.15, 0.2) is 0 Å². The summed E-state index contributed by atoms with van der Waals surface area (Å²) in [5.74, 6) is -4.21. The molecule has 0 aromatic carbocycles. The molecule has 1 fully saturated rings. The summed E-state index contributed by atoms with van der Waals surface area (Å²) in [6.45, 7) is 0.899. The molecule has 96 valence electrons. The van der Waals surface area contributed by atoms with Gasteiger partial charge in [-0.2, -0.15) is 22.0 Å². The Morgan fingerprint density at radius 3 is 2.38 bits per heavy atom. The fraction of sp³-hybridized carbons (Fsp3) is 1.00. The van der Waals surface area contributed by atoms with E-state index >= 15 is 0 Å². The highest BCUT2D eigenvalue weighted by atomic mass is 32.2. The molecule has 1 aliphatic heterocycles. The van der Waals surface area contributed by atoms with E-state index < -0.39 is 18.5 Å². The maximum Gasteiger partial charge on any atom is 0.453 e. The molecule has 7 heteroatoms. The first-order valence-corrected chi connectivity index (χ1v) is 6.17. The van der Waals surface area contributed by atoms with Crippen molar-refractivity contribution in [2.45, 2.75) is 43.2 Å². The predicted octanol–water partition coefficient (Wildman–Crippen LogP) is 3.41. The highest BCUT2D eigenvalue weighted by Crippen LogP contribution is 2.39. The van der Waals surface area contributed by atoms with Gasteiger partial charge in [-0.1, -0.05) is 0 Å². The molecular formula is C9H14F5NS. The fourth-order valence-corrected chi connectivity index (χ4v) is 2.62. The van der Waals surface area contributed by atoms with Crippen molar-refractivity contribution in [3.63, 3.8) is 0 Å². The second-order valence-electron chi connectivity index (χ2n) is 3.76. The predicted molar refractivity (Wildman–Crippen MR) is 53.7 cm³/mol. The van der Waals surface area contributed by atoms with Crippen LogP contribution in [0.1, 0.15) is 25.7 Å². The van der Waals surface area contributed by atoms with Crippen LogP contribution in [0.2, 0.25) is 0 Å². The highest BCUT2D eigenvalue weighted by Gasteiger charge is 2.56. The Labute approximate surface area is 95.2 Å². The number of halogens is 5. The van der Waals surface area contributed by atoms with E-state index in [4.69, 9.17) is 0 Å². The lowest BCUT2D eigenvalue weighted by Gasteiger charge is -2.19. The molecule has 0 unspecified atom stereocenters. The van der Waals surface area contributed by atoms with Gasteiger partial charge in [0.1, 0.15) is 0 Å². The van der Waals surface area contributed by atoms with Crippen molar-refractivity contribution in [2.75, 3.05) is 12.3 Å². The molecule has 1 rings (SSSR count). The summed E-state index contributed by atoms with van der Waals surface area (Å²) in [6.07, 6.45) is -4.65. The zero-order valence-corrected chi connectivity index (χ0v) is 9.43. The fourth-order valence-electron chi connectivity index (χ4n) is 1.46. The zero-order chi connectivity index (χ0) is 12.2. The molecule has 1 heterocycles. The quantitative estimate of drug-likeness (QED) is 0.602. The minimum Gasteiger partial charge on any atom is -0.305 e. The number of rotatable bonds is 5. The lowest BCUT2D eigenvalue weighted by molar-refractivity contribution is -0.284. The largest absolute Gasteiger partial charge is 0.453 e. The molecule has 0 bridgehead atoms. The first kappa shape index (κ1) is 14.0. The van der Waals surface area contributed by atoms with Crippen molar-refractivity contribution in [1.82, 2.24) is 5.32 Å². The lowest BCUT2D eigenvalue weighted by atomic mass is 10.2. The SMILES string of the molecule is FC(F)(F)C(F)(F)CCCS[C@H]1CCCN1. The summed E-state index contributed by atoms with van der Waals surface area (Å²) >= 11 is 1.42. The Bertz CT molecular complexity index is 212. The van der Waals surface area contributed by atoms with Crippen LogP contribution >= 0.6 is 11.8 Å². The van der Waals surface area contributed by atoms with Gasteiger partial charge in [-0.3, -0.25) is 0 Å². The molecule has 1 nitrogen and oxygen atoms in total. The number of hydrogen-bond acceptors (Lipinski definition) is 2. The molecule has 1 atom stereocenters. The van der Waals surface area contributed by atoms with E-state index in [2.05, 4.69) is 5.32 Å². The maximum atomic E-state index is 12.5. The van der Waals surface area contributed by atoms with Gasteiger partial charge in [-0.25, -0.2) is 0 Å². The number of alkyl halides is 5. The molecule has 0 amide bonds. The second-order valence-corrected chi connectivity index (χ2v) is 5.07. The molecule has 0 aliphatic carbocycles. The molecule has 0 saturated carbocycles. The molecule has 16 heavy (non-hydrogen) atoms. The average molecular weight is 263 g/mol. The van der Waals surface area contributed by atoms with E-state index in [-0.39, 0.29) is 11.8 Å². The van der Waals surface area contributed by atoms with Gasteiger partial charge in [0.05, 0.1) is 5.37 Å². The third kappa shape index (κ3) is 4.08. The molecule has 0 spiro atoms. The minimum absolute atomic E-state index is 0.116. The molecule has 1 N–H and O–H groups in total. The van der Waals surface area contributed by atoms with Crippen molar-refractivity contribution in [2.24, 2.45) is 0 Å². The first-order valence-electron chi connectivity index (χ1n) is 5.12. The van der Waals surface area contributed by atoms with Gasteiger partial charge in [0.2, 0.25) is 0 Å². The van der Waals surface area contributed by atoms with Gasteiger partial charge >= 0.3 is 12.1 Å². The Balaban J connectivity index is 2.14. The molecule has 0 aromatic heterocycles. The summed E-state index contributed by atoms with van der Waals surface area (Å²) < 4.78 is 60.3. The van der Waals surface area contributed by atoms with Crippen molar-refractivity contribution in [3.8, 4) is 0 Å². The lowest BCUT2D eigenvalue weighted by Crippen LogP contribution is -2.36. The highest BCUT2D eigenvalue weighted by molar-refractivity contribution is 7.99. The van der Waals surface area contributed by atoms with E-state index in [1.807, 2.05) is 0 Å². The van der Waals surface area contributed by atoms with Crippen LogP contribution in [0, 0.1) is 0 Å². The van der Waals surface area contributed by atoms with E-state index in [1.165, 1.54) is 11.8 Å². The topological polar surface area (TPSA) is 12.0 Å². The van der Waals surface area contributed by atoms with E-state index in [0.717, 1.165) is 19.4 Å². The van der Waals surface area contributed by atoms with Crippen molar-refractivity contribution in [3.05, 3.63) is 0 Å². The molecule has 1 saturated heterocycles. The van der Waals surface area contributed by atoms with Crippen molar-refractivity contribution in [1.29, 1.82) is 0 Å². The molecule has 1 aliphatic rings. The monoisotopic (exact) mass is 263 g/mol. The summed E-state index contributed by atoms with van der Waals surface area (Å²) in [5.41, 5.74) is 0. The van der Waals surface area contributed by atoms with Gasteiger partial charge in [0.25, 0.3) is 0 Å². The van der Waals surface area contributed by atoms with Crippen LogP contribution in [-0.4, -0.2) is 29.8 Å². The number of hydrogen-bond donors (Lipinski definition) is 1. The third-order valence-corrected chi connectivity index (χ3v) is 3.71. The van der Waals surface area contributed by atoms with Crippen molar-refractivity contribution < 1.29 is 22.0 Å². The van der Waals surface area contributed by atoms with E-state index in [9.17, 15) is 22.0 Å². The van der Waals surface area contributed by atoms with Crippen LogP contribution in [-0.2, 0) is 0 Å². The number of nitrogens with one attached hydrogen (secondary N) is 1. The standard InChI is InChI=1S/C9H14F5NS/c10-8(11,9(12,13)14)4-2-6-16-7-3-1-5-15-7/h7,15H,1-6H2/t7-/m0/s1. The van der Waals surface area contributed by atoms with Crippen LogP contribution in [0.5, 0.6) is 0 Å².